The quantitative estimate of drug-likeness (QED) is 0.815. The van der Waals surface area contributed by atoms with E-state index in [1.807, 2.05) is 12.1 Å². The van der Waals surface area contributed by atoms with Crippen LogP contribution < -0.4 is 10.1 Å². The zero-order valence-corrected chi connectivity index (χ0v) is 13.7. The molecule has 2 rings (SSSR count). The summed E-state index contributed by atoms with van der Waals surface area (Å²) in [5, 5.41) is 4.51. The van der Waals surface area contributed by atoms with Gasteiger partial charge in [-0.2, -0.15) is 0 Å². The van der Waals surface area contributed by atoms with E-state index in [0.29, 0.717) is 27.6 Å². The van der Waals surface area contributed by atoms with E-state index >= 15 is 0 Å². The lowest BCUT2D eigenvalue weighted by molar-refractivity contribution is 0.0774. The minimum Gasteiger partial charge on any atom is -0.488 e. The number of ether oxygens (including phenoxy) is 1. The number of hydrogen-bond donors (Lipinski definition) is 1. The lowest BCUT2D eigenvalue weighted by Crippen LogP contribution is -2.35. The normalized spacial score (nSPS) is 20.4. The molecule has 0 aliphatic carbocycles. The highest BCUT2D eigenvalue weighted by Crippen LogP contribution is 2.35. The Morgan fingerprint density at radius 1 is 1.30 bits per heavy atom. The van der Waals surface area contributed by atoms with Crippen molar-refractivity contribution in [2.75, 3.05) is 13.1 Å². The van der Waals surface area contributed by atoms with Gasteiger partial charge in [0.2, 0.25) is 0 Å². The molecule has 0 spiro atoms. The maximum atomic E-state index is 6.30. The Bertz CT molecular complexity index is 426. The molecule has 112 valence electrons. The van der Waals surface area contributed by atoms with Crippen molar-refractivity contribution < 1.29 is 4.74 Å². The highest BCUT2D eigenvalue weighted by atomic mass is 35.5. The lowest BCUT2D eigenvalue weighted by Gasteiger charge is -2.31. The molecular formula is C16H23Cl2NO. The van der Waals surface area contributed by atoms with Gasteiger partial charge in [0.25, 0.3) is 0 Å². The van der Waals surface area contributed by atoms with Crippen LogP contribution >= 0.6 is 23.2 Å². The van der Waals surface area contributed by atoms with Gasteiger partial charge in [-0.1, -0.05) is 43.1 Å². The van der Waals surface area contributed by atoms with Gasteiger partial charge in [-0.3, -0.25) is 0 Å². The molecule has 1 aliphatic rings. The van der Waals surface area contributed by atoms with Crippen LogP contribution in [0.5, 0.6) is 5.75 Å². The minimum atomic E-state index is 0.205. The fourth-order valence-corrected chi connectivity index (χ4v) is 3.35. The number of hydrogen-bond acceptors (Lipinski definition) is 2. The summed E-state index contributed by atoms with van der Waals surface area (Å²) >= 11 is 12.3. The molecule has 1 N–H and O–H groups in total. The molecule has 1 aromatic carbocycles. The van der Waals surface area contributed by atoms with E-state index in [4.69, 9.17) is 27.9 Å². The highest BCUT2D eigenvalue weighted by Gasteiger charge is 2.32. The van der Waals surface area contributed by atoms with Crippen molar-refractivity contribution in [1.82, 2.24) is 5.32 Å². The van der Waals surface area contributed by atoms with Crippen molar-refractivity contribution in [1.29, 1.82) is 0 Å². The molecule has 1 saturated heterocycles. The van der Waals surface area contributed by atoms with E-state index in [1.165, 1.54) is 6.42 Å². The van der Waals surface area contributed by atoms with E-state index in [-0.39, 0.29) is 6.10 Å². The van der Waals surface area contributed by atoms with Crippen molar-refractivity contribution in [2.24, 2.45) is 11.8 Å². The Kier molecular flexibility index (Phi) is 6.01. The van der Waals surface area contributed by atoms with Gasteiger partial charge in [0.05, 0.1) is 5.02 Å². The van der Waals surface area contributed by atoms with Crippen LogP contribution in [0.3, 0.4) is 0 Å². The van der Waals surface area contributed by atoms with Crippen LogP contribution in [-0.4, -0.2) is 19.2 Å². The number of rotatable bonds is 6. The third kappa shape index (κ3) is 3.60. The first-order valence-corrected chi connectivity index (χ1v) is 8.24. The molecule has 1 aliphatic heterocycles. The second-order valence-electron chi connectivity index (χ2n) is 5.46. The highest BCUT2D eigenvalue weighted by molar-refractivity contribution is 6.42. The Morgan fingerprint density at radius 3 is 2.65 bits per heavy atom. The maximum absolute atomic E-state index is 6.30. The average molecular weight is 316 g/mol. The Balaban J connectivity index is 2.20. The summed E-state index contributed by atoms with van der Waals surface area (Å²) < 4.78 is 6.30. The third-order valence-electron chi connectivity index (χ3n) is 4.26. The Hall–Kier alpha value is -0.440. The van der Waals surface area contributed by atoms with Gasteiger partial charge in [-0.05, 0) is 43.9 Å². The van der Waals surface area contributed by atoms with Gasteiger partial charge < -0.3 is 10.1 Å². The summed E-state index contributed by atoms with van der Waals surface area (Å²) in [6, 6.07) is 5.59. The number of halogens is 2. The SMILES string of the molecule is CCC(CC)[C@H](Oc1cccc(Cl)c1Cl)[C@H]1CCNC1. The molecule has 20 heavy (non-hydrogen) atoms. The molecule has 0 bridgehead atoms. The molecule has 2 atom stereocenters. The predicted octanol–water partition coefficient (Wildman–Crippen LogP) is 4.79. The van der Waals surface area contributed by atoms with Crippen LogP contribution in [0.1, 0.15) is 33.1 Å². The zero-order chi connectivity index (χ0) is 14.5. The molecule has 0 radical (unpaired) electrons. The first-order valence-electron chi connectivity index (χ1n) is 7.48. The zero-order valence-electron chi connectivity index (χ0n) is 12.2. The Morgan fingerprint density at radius 2 is 2.05 bits per heavy atom. The molecule has 1 aromatic rings. The fraction of sp³-hybridized carbons (Fsp3) is 0.625. The summed E-state index contributed by atoms with van der Waals surface area (Å²) in [6.45, 7) is 6.56. The number of benzene rings is 1. The average Bonchev–Trinajstić information content (AvgIpc) is 2.97. The molecule has 0 saturated carbocycles. The van der Waals surface area contributed by atoms with Crippen molar-refractivity contribution in [3.05, 3.63) is 28.2 Å². The van der Waals surface area contributed by atoms with Crippen LogP contribution in [0.2, 0.25) is 10.0 Å². The topological polar surface area (TPSA) is 21.3 Å². The van der Waals surface area contributed by atoms with Crippen LogP contribution in [-0.2, 0) is 0 Å². The van der Waals surface area contributed by atoms with Crippen LogP contribution in [0.25, 0.3) is 0 Å². The van der Waals surface area contributed by atoms with Crippen molar-refractivity contribution in [3.63, 3.8) is 0 Å². The summed E-state index contributed by atoms with van der Waals surface area (Å²) in [6.07, 6.45) is 3.61. The predicted molar refractivity (Wildman–Crippen MR) is 85.9 cm³/mol. The number of nitrogens with one attached hydrogen (secondary N) is 1. The van der Waals surface area contributed by atoms with Gasteiger partial charge in [-0.25, -0.2) is 0 Å². The second kappa shape index (κ2) is 7.53. The smallest absolute Gasteiger partial charge is 0.139 e. The van der Waals surface area contributed by atoms with Gasteiger partial charge in [0.15, 0.2) is 0 Å². The first kappa shape index (κ1) is 15.9. The molecule has 0 unspecified atom stereocenters. The molecule has 1 heterocycles. The van der Waals surface area contributed by atoms with E-state index in [2.05, 4.69) is 19.2 Å². The van der Waals surface area contributed by atoms with Gasteiger partial charge in [0.1, 0.15) is 16.9 Å². The van der Waals surface area contributed by atoms with Gasteiger partial charge in [0, 0.05) is 12.5 Å². The van der Waals surface area contributed by atoms with E-state index < -0.39 is 0 Å². The molecule has 2 nitrogen and oxygen atoms in total. The fourth-order valence-electron chi connectivity index (χ4n) is 3.01. The molecule has 4 heteroatoms. The van der Waals surface area contributed by atoms with E-state index in [9.17, 15) is 0 Å². The van der Waals surface area contributed by atoms with Crippen molar-refractivity contribution in [3.8, 4) is 5.75 Å². The third-order valence-corrected chi connectivity index (χ3v) is 5.06. The van der Waals surface area contributed by atoms with E-state index in [0.717, 1.165) is 25.9 Å². The maximum Gasteiger partial charge on any atom is 0.139 e. The largest absolute Gasteiger partial charge is 0.488 e. The monoisotopic (exact) mass is 315 g/mol. The summed E-state index contributed by atoms with van der Waals surface area (Å²) in [5.41, 5.74) is 0. The Labute approximate surface area is 131 Å². The summed E-state index contributed by atoms with van der Waals surface area (Å²) in [7, 11) is 0. The van der Waals surface area contributed by atoms with Gasteiger partial charge >= 0.3 is 0 Å². The molecule has 0 aromatic heterocycles. The second-order valence-corrected chi connectivity index (χ2v) is 6.25. The minimum absolute atomic E-state index is 0.205. The molecular weight excluding hydrogens is 293 g/mol. The standard InChI is InChI=1S/C16H23Cl2NO/c1-3-11(4-2)16(12-8-9-19-10-12)20-14-7-5-6-13(17)15(14)18/h5-7,11-12,16,19H,3-4,8-10H2,1-2H3/t12-,16-/m0/s1. The van der Waals surface area contributed by atoms with Crippen LogP contribution in [0, 0.1) is 11.8 Å². The van der Waals surface area contributed by atoms with Crippen molar-refractivity contribution >= 4 is 23.2 Å². The molecule has 1 fully saturated rings. The lowest BCUT2D eigenvalue weighted by atomic mass is 9.86. The summed E-state index contributed by atoms with van der Waals surface area (Å²) in [4.78, 5) is 0. The summed E-state index contributed by atoms with van der Waals surface area (Å²) in [5.74, 6) is 1.81. The molecule has 0 amide bonds. The van der Waals surface area contributed by atoms with Gasteiger partial charge in [-0.15, -0.1) is 0 Å². The van der Waals surface area contributed by atoms with E-state index in [1.54, 1.807) is 6.07 Å². The van der Waals surface area contributed by atoms with Crippen molar-refractivity contribution in [2.45, 2.75) is 39.2 Å². The van der Waals surface area contributed by atoms with Crippen LogP contribution in [0.15, 0.2) is 18.2 Å². The first-order chi connectivity index (χ1) is 9.67. The van der Waals surface area contributed by atoms with Crippen LogP contribution in [0.4, 0.5) is 0 Å².